The predicted octanol–water partition coefficient (Wildman–Crippen LogP) is 3.52. The molecule has 202 valence electrons. The van der Waals surface area contributed by atoms with Crippen molar-refractivity contribution in [1.29, 1.82) is 0 Å². The molecule has 1 aliphatic rings. The first-order chi connectivity index (χ1) is 18.0. The molecule has 38 heavy (non-hydrogen) atoms. The van der Waals surface area contributed by atoms with Gasteiger partial charge in [-0.1, -0.05) is 54.1 Å². The van der Waals surface area contributed by atoms with Gasteiger partial charge in [0.15, 0.2) is 0 Å². The highest BCUT2D eigenvalue weighted by Gasteiger charge is 2.34. The third-order valence-electron chi connectivity index (χ3n) is 6.82. The number of benzene rings is 3. The minimum atomic E-state index is -3.96. The summed E-state index contributed by atoms with van der Waals surface area (Å²) in [4.78, 5) is 31.7. The van der Waals surface area contributed by atoms with Crippen LogP contribution in [0.2, 0.25) is 5.02 Å². The van der Waals surface area contributed by atoms with Gasteiger partial charge < -0.3 is 14.7 Å². The highest BCUT2D eigenvalue weighted by molar-refractivity contribution is 7.89. The van der Waals surface area contributed by atoms with Crippen LogP contribution in [0.4, 0.5) is 0 Å². The molecule has 1 N–H and O–H groups in total. The number of sulfonamides is 1. The van der Waals surface area contributed by atoms with Crippen molar-refractivity contribution in [2.24, 2.45) is 0 Å². The first-order valence-corrected chi connectivity index (χ1v) is 14.4. The molecule has 0 bridgehead atoms. The summed E-state index contributed by atoms with van der Waals surface area (Å²) in [5, 5.41) is 2.12. The molecule has 8 nitrogen and oxygen atoms in total. The molecule has 1 aliphatic heterocycles. The Bertz CT molecular complexity index is 1410. The lowest BCUT2D eigenvalue weighted by Gasteiger charge is -2.35. The Morgan fingerprint density at radius 1 is 1.05 bits per heavy atom. The van der Waals surface area contributed by atoms with Crippen molar-refractivity contribution in [1.82, 2.24) is 19.4 Å². The summed E-state index contributed by atoms with van der Waals surface area (Å²) in [5.74, 6) is -0.594. The number of fused-ring (bicyclic) bond motifs is 1. The summed E-state index contributed by atoms with van der Waals surface area (Å²) in [6.45, 7) is 0.915. The van der Waals surface area contributed by atoms with Crippen molar-refractivity contribution in [3.63, 3.8) is 0 Å². The van der Waals surface area contributed by atoms with Crippen LogP contribution >= 0.6 is 11.6 Å². The number of carbonyl (C=O) groups excluding carboxylic acids is 2. The Labute approximate surface area is 229 Å². The first kappa shape index (κ1) is 28.0. The smallest absolute Gasteiger partial charge is 0.242 e. The third-order valence-corrected chi connectivity index (χ3v) is 8.53. The number of hydrogen-bond donors (Lipinski definition) is 1. The van der Waals surface area contributed by atoms with E-state index in [9.17, 15) is 18.0 Å². The van der Waals surface area contributed by atoms with Crippen molar-refractivity contribution in [2.45, 2.75) is 29.8 Å². The summed E-state index contributed by atoms with van der Waals surface area (Å²) in [7, 11) is 1.68. The normalized spacial score (nSPS) is 17.1. The van der Waals surface area contributed by atoms with Gasteiger partial charge in [0.05, 0.1) is 17.5 Å². The van der Waals surface area contributed by atoms with Crippen molar-refractivity contribution >= 4 is 44.2 Å². The monoisotopic (exact) mass is 556 g/mol. The molecule has 0 aromatic heterocycles. The Morgan fingerprint density at radius 3 is 2.45 bits per heavy atom. The van der Waals surface area contributed by atoms with E-state index in [1.807, 2.05) is 49.3 Å². The van der Waals surface area contributed by atoms with Crippen LogP contribution in [-0.2, 0) is 19.6 Å². The molecule has 10 heteroatoms. The SMILES string of the molecule is CN(C)CC(c1ccccc1)N(C)C(=O)CN1CCCC(NS(=O)(=O)c2ccc3cc(Cl)ccc3c2)C1=O. The molecule has 3 aromatic carbocycles. The van der Waals surface area contributed by atoms with Crippen LogP contribution in [0.1, 0.15) is 24.4 Å². The van der Waals surface area contributed by atoms with Crippen LogP contribution in [0.5, 0.6) is 0 Å². The van der Waals surface area contributed by atoms with E-state index in [0.29, 0.717) is 31.0 Å². The van der Waals surface area contributed by atoms with Crippen LogP contribution in [0.25, 0.3) is 10.8 Å². The molecule has 0 radical (unpaired) electrons. The second kappa shape index (κ2) is 11.8. The van der Waals surface area contributed by atoms with Crippen molar-refractivity contribution in [2.75, 3.05) is 40.8 Å². The maximum Gasteiger partial charge on any atom is 0.242 e. The van der Waals surface area contributed by atoms with Gasteiger partial charge in [0, 0.05) is 25.2 Å². The van der Waals surface area contributed by atoms with E-state index < -0.39 is 22.0 Å². The van der Waals surface area contributed by atoms with Crippen molar-refractivity contribution in [3.8, 4) is 0 Å². The van der Waals surface area contributed by atoms with Gasteiger partial charge >= 0.3 is 0 Å². The lowest BCUT2D eigenvalue weighted by Crippen LogP contribution is -2.54. The van der Waals surface area contributed by atoms with Gasteiger partial charge in [-0.3, -0.25) is 9.59 Å². The zero-order valence-electron chi connectivity index (χ0n) is 21.8. The Kier molecular flexibility index (Phi) is 8.72. The molecule has 2 unspecified atom stereocenters. The van der Waals surface area contributed by atoms with Gasteiger partial charge in [-0.2, -0.15) is 4.72 Å². The molecule has 1 heterocycles. The molecule has 1 saturated heterocycles. The van der Waals surface area contributed by atoms with Crippen LogP contribution in [0.3, 0.4) is 0 Å². The van der Waals surface area contributed by atoms with Gasteiger partial charge in [-0.25, -0.2) is 8.42 Å². The van der Waals surface area contributed by atoms with E-state index in [1.165, 1.54) is 11.0 Å². The van der Waals surface area contributed by atoms with E-state index in [-0.39, 0.29) is 23.4 Å². The van der Waals surface area contributed by atoms with Gasteiger partial charge in [0.25, 0.3) is 0 Å². The van der Waals surface area contributed by atoms with E-state index in [0.717, 1.165) is 16.3 Å². The molecule has 2 atom stereocenters. The number of likely N-dealkylation sites (tertiary alicyclic amines) is 1. The Hall–Kier alpha value is -2.98. The van der Waals surface area contributed by atoms with Crippen molar-refractivity contribution < 1.29 is 18.0 Å². The highest BCUT2D eigenvalue weighted by Crippen LogP contribution is 2.24. The van der Waals surface area contributed by atoms with E-state index in [1.54, 1.807) is 42.3 Å². The molecular weight excluding hydrogens is 524 g/mol. The number of carbonyl (C=O) groups is 2. The summed E-state index contributed by atoms with van der Waals surface area (Å²) >= 11 is 6.03. The van der Waals surface area contributed by atoms with E-state index >= 15 is 0 Å². The average Bonchev–Trinajstić information content (AvgIpc) is 2.89. The number of nitrogens with one attached hydrogen (secondary N) is 1. The molecule has 1 fully saturated rings. The molecular formula is C28H33ClN4O4S. The number of likely N-dealkylation sites (N-methyl/N-ethyl adjacent to an activating group) is 2. The van der Waals surface area contributed by atoms with Crippen molar-refractivity contribution in [3.05, 3.63) is 77.3 Å². The number of nitrogens with zero attached hydrogens (tertiary/aromatic N) is 3. The van der Waals surface area contributed by atoms with Crippen LogP contribution in [0, 0.1) is 0 Å². The minimum absolute atomic E-state index is 0.0717. The fraction of sp³-hybridized carbons (Fsp3) is 0.357. The molecule has 4 rings (SSSR count). The predicted molar refractivity (Wildman–Crippen MR) is 149 cm³/mol. The number of hydrogen-bond acceptors (Lipinski definition) is 5. The zero-order chi connectivity index (χ0) is 27.4. The number of piperidine rings is 1. The van der Waals surface area contributed by atoms with Crippen LogP contribution < -0.4 is 4.72 Å². The maximum absolute atomic E-state index is 13.3. The van der Waals surface area contributed by atoms with Gasteiger partial charge in [0.2, 0.25) is 21.8 Å². The molecule has 0 aliphatic carbocycles. The van der Waals surface area contributed by atoms with Gasteiger partial charge in [-0.05, 0) is 67.5 Å². The fourth-order valence-electron chi connectivity index (χ4n) is 4.74. The summed E-state index contributed by atoms with van der Waals surface area (Å²) in [6.07, 6.45) is 0.959. The number of rotatable bonds is 9. The summed E-state index contributed by atoms with van der Waals surface area (Å²) in [5.41, 5.74) is 1.00. The third kappa shape index (κ3) is 6.53. The van der Waals surface area contributed by atoms with Gasteiger partial charge in [-0.15, -0.1) is 0 Å². The topological polar surface area (TPSA) is 90.0 Å². The Balaban J connectivity index is 1.45. The standard InChI is InChI=1S/C28H33ClN4O4S/c1-31(2)18-26(20-8-5-4-6-9-20)32(3)27(34)19-33-15-7-10-25(28(33)35)30-38(36,37)24-14-12-21-16-23(29)13-11-22(21)17-24/h4-6,8-9,11-14,16-17,25-26,30H,7,10,15,18-19H2,1-3H3. The van der Waals surface area contributed by atoms with Crippen LogP contribution in [-0.4, -0.2) is 81.8 Å². The second-order valence-electron chi connectivity index (χ2n) is 9.92. The first-order valence-electron chi connectivity index (χ1n) is 12.5. The van der Waals surface area contributed by atoms with E-state index in [2.05, 4.69) is 4.72 Å². The quantitative estimate of drug-likeness (QED) is 0.435. The lowest BCUT2D eigenvalue weighted by molar-refractivity contribution is -0.143. The van der Waals surface area contributed by atoms with Crippen LogP contribution in [0.15, 0.2) is 71.6 Å². The maximum atomic E-state index is 13.3. The largest absolute Gasteiger partial charge is 0.336 e. The second-order valence-corrected chi connectivity index (χ2v) is 12.1. The molecule has 2 amide bonds. The lowest BCUT2D eigenvalue weighted by atomic mass is 10.0. The highest BCUT2D eigenvalue weighted by atomic mass is 35.5. The number of halogens is 1. The summed E-state index contributed by atoms with van der Waals surface area (Å²) < 4.78 is 28.9. The minimum Gasteiger partial charge on any atom is -0.336 e. The molecule has 0 saturated carbocycles. The Morgan fingerprint density at radius 2 is 1.74 bits per heavy atom. The fourth-order valence-corrected chi connectivity index (χ4v) is 6.18. The average molecular weight is 557 g/mol. The van der Waals surface area contributed by atoms with Gasteiger partial charge in [0.1, 0.15) is 6.04 Å². The summed E-state index contributed by atoms with van der Waals surface area (Å²) in [6, 6.07) is 18.6. The van der Waals surface area contributed by atoms with E-state index in [4.69, 9.17) is 11.6 Å². The molecule has 3 aromatic rings. The molecule has 0 spiro atoms. The number of amides is 2. The zero-order valence-corrected chi connectivity index (χ0v) is 23.4.